The molecule has 4 nitrogen and oxygen atoms in total. The molecule has 0 aromatic rings. The highest BCUT2D eigenvalue weighted by atomic mass is 16.5. The molecule has 0 bridgehead atoms. The van der Waals surface area contributed by atoms with Crippen LogP contribution >= 0.6 is 0 Å². The number of aliphatic hydroxyl groups is 3. The first-order valence-electron chi connectivity index (χ1n) is 5.13. The van der Waals surface area contributed by atoms with Crippen molar-refractivity contribution in [2.75, 3.05) is 0 Å². The van der Waals surface area contributed by atoms with Crippen LogP contribution in [-0.2, 0) is 4.74 Å². The zero-order valence-electron chi connectivity index (χ0n) is 8.92. The molecule has 0 aromatic carbocycles. The smallest absolute Gasteiger partial charge is 0.111 e. The second-order valence-electron chi connectivity index (χ2n) is 4.48. The lowest BCUT2D eigenvalue weighted by Gasteiger charge is -2.40. The standard InChI is InChI=1S/C10H20O4/c1-5(2)4-7-9(12)10(13)8(11)6(3)14-7/h5-13H,4H2,1-3H3/t6?,7-,8-,9?,10+/m1/s1. The molecule has 2 unspecified atom stereocenters. The van der Waals surface area contributed by atoms with Crippen molar-refractivity contribution in [3.8, 4) is 0 Å². The average Bonchev–Trinajstić information content (AvgIpc) is 2.10. The zero-order chi connectivity index (χ0) is 10.9. The molecular weight excluding hydrogens is 184 g/mol. The van der Waals surface area contributed by atoms with Crippen LogP contribution in [0.15, 0.2) is 0 Å². The molecule has 84 valence electrons. The SMILES string of the molecule is CC(C)C[C@H]1OC(C)[C@@H](O)[C@H](O)C1O. The van der Waals surface area contributed by atoms with Gasteiger partial charge in [0, 0.05) is 0 Å². The van der Waals surface area contributed by atoms with Gasteiger partial charge in [0.25, 0.3) is 0 Å². The van der Waals surface area contributed by atoms with Crippen LogP contribution in [0, 0.1) is 5.92 Å². The van der Waals surface area contributed by atoms with Gasteiger partial charge >= 0.3 is 0 Å². The van der Waals surface area contributed by atoms with Crippen LogP contribution in [0.1, 0.15) is 27.2 Å². The topological polar surface area (TPSA) is 69.9 Å². The van der Waals surface area contributed by atoms with E-state index in [1.807, 2.05) is 13.8 Å². The van der Waals surface area contributed by atoms with Gasteiger partial charge in [0.2, 0.25) is 0 Å². The van der Waals surface area contributed by atoms with Crippen LogP contribution in [-0.4, -0.2) is 45.8 Å². The maximum absolute atomic E-state index is 9.64. The normalized spacial score (nSPS) is 44.4. The molecule has 1 aliphatic heterocycles. The Balaban J connectivity index is 2.60. The molecule has 0 aliphatic carbocycles. The van der Waals surface area contributed by atoms with Gasteiger partial charge in [-0.1, -0.05) is 13.8 Å². The predicted molar refractivity (Wildman–Crippen MR) is 51.8 cm³/mol. The summed E-state index contributed by atoms with van der Waals surface area (Å²) in [6, 6.07) is 0. The van der Waals surface area contributed by atoms with E-state index in [0.717, 1.165) is 0 Å². The van der Waals surface area contributed by atoms with Crippen LogP contribution in [0.3, 0.4) is 0 Å². The van der Waals surface area contributed by atoms with Gasteiger partial charge < -0.3 is 20.1 Å². The van der Waals surface area contributed by atoms with E-state index in [2.05, 4.69) is 0 Å². The Labute approximate surface area is 84.5 Å². The summed E-state index contributed by atoms with van der Waals surface area (Å²) in [5.74, 6) is 0.393. The lowest BCUT2D eigenvalue weighted by Crippen LogP contribution is -2.56. The maximum Gasteiger partial charge on any atom is 0.111 e. The predicted octanol–water partition coefficient (Wildman–Crippen LogP) is -0.0975. The van der Waals surface area contributed by atoms with Crippen molar-refractivity contribution in [1.82, 2.24) is 0 Å². The van der Waals surface area contributed by atoms with Crippen molar-refractivity contribution in [2.45, 2.75) is 57.7 Å². The van der Waals surface area contributed by atoms with E-state index in [1.165, 1.54) is 0 Å². The highest BCUT2D eigenvalue weighted by molar-refractivity contribution is 4.90. The fraction of sp³-hybridized carbons (Fsp3) is 1.00. The van der Waals surface area contributed by atoms with Gasteiger partial charge in [-0.25, -0.2) is 0 Å². The third kappa shape index (κ3) is 2.45. The summed E-state index contributed by atoms with van der Waals surface area (Å²) >= 11 is 0. The van der Waals surface area contributed by atoms with Crippen molar-refractivity contribution in [2.24, 2.45) is 5.92 Å². The average molecular weight is 204 g/mol. The van der Waals surface area contributed by atoms with Crippen molar-refractivity contribution >= 4 is 0 Å². The van der Waals surface area contributed by atoms with E-state index in [0.29, 0.717) is 12.3 Å². The Kier molecular flexibility index (Phi) is 3.89. The van der Waals surface area contributed by atoms with Gasteiger partial charge in [-0.15, -0.1) is 0 Å². The van der Waals surface area contributed by atoms with Crippen LogP contribution < -0.4 is 0 Å². The van der Waals surface area contributed by atoms with E-state index in [-0.39, 0.29) is 6.10 Å². The second-order valence-corrected chi connectivity index (χ2v) is 4.48. The minimum Gasteiger partial charge on any atom is -0.388 e. The Morgan fingerprint density at radius 2 is 1.64 bits per heavy atom. The summed E-state index contributed by atoms with van der Waals surface area (Å²) in [5.41, 5.74) is 0. The van der Waals surface area contributed by atoms with Crippen LogP contribution in [0.2, 0.25) is 0 Å². The van der Waals surface area contributed by atoms with Gasteiger partial charge in [0.05, 0.1) is 12.2 Å². The second kappa shape index (κ2) is 4.57. The molecule has 1 aliphatic rings. The number of hydrogen-bond donors (Lipinski definition) is 3. The Hall–Kier alpha value is -0.160. The van der Waals surface area contributed by atoms with Gasteiger partial charge in [0.1, 0.15) is 18.3 Å². The van der Waals surface area contributed by atoms with E-state index in [9.17, 15) is 15.3 Å². The summed E-state index contributed by atoms with van der Waals surface area (Å²) in [4.78, 5) is 0. The van der Waals surface area contributed by atoms with Gasteiger partial charge in [-0.05, 0) is 19.3 Å². The molecule has 3 N–H and O–H groups in total. The fourth-order valence-corrected chi connectivity index (χ4v) is 1.80. The lowest BCUT2D eigenvalue weighted by atomic mass is 9.91. The van der Waals surface area contributed by atoms with Gasteiger partial charge in [-0.3, -0.25) is 0 Å². The van der Waals surface area contributed by atoms with Gasteiger partial charge in [0.15, 0.2) is 0 Å². The Bertz CT molecular complexity index is 183. The molecule has 4 heteroatoms. The first-order valence-corrected chi connectivity index (χ1v) is 5.13. The number of ether oxygens (including phenoxy) is 1. The summed E-state index contributed by atoms with van der Waals surface area (Å²) in [6.07, 6.45) is -3.17. The molecule has 1 fully saturated rings. The van der Waals surface area contributed by atoms with Crippen LogP contribution in [0.25, 0.3) is 0 Å². The summed E-state index contributed by atoms with van der Waals surface area (Å²) < 4.78 is 5.43. The van der Waals surface area contributed by atoms with Crippen molar-refractivity contribution in [3.63, 3.8) is 0 Å². The molecular formula is C10H20O4. The number of aliphatic hydroxyl groups excluding tert-OH is 3. The quantitative estimate of drug-likeness (QED) is 0.587. The van der Waals surface area contributed by atoms with Crippen molar-refractivity contribution in [1.29, 1.82) is 0 Å². The van der Waals surface area contributed by atoms with Crippen LogP contribution in [0.4, 0.5) is 0 Å². The van der Waals surface area contributed by atoms with E-state index in [1.54, 1.807) is 6.92 Å². The maximum atomic E-state index is 9.64. The molecule has 0 saturated carbocycles. The number of rotatable bonds is 2. The number of hydrogen-bond acceptors (Lipinski definition) is 4. The summed E-state index contributed by atoms with van der Waals surface area (Å²) in [7, 11) is 0. The molecule has 14 heavy (non-hydrogen) atoms. The van der Waals surface area contributed by atoms with Crippen LogP contribution in [0.5, 0.6) is 0 Å². The molecule has 0 radical (unpaired) electrons. The third-order valence-electron chi connectivity index (χ3n) is 2.65. The lowest BCUT2D eigenvalue weighted by molar-refractivity contribution is -0.220. The Morgan fingerprint density at radius 1 is 1.07 bits per heavy atom. The fourth-order valence-electron chi connectivity index (χ4n) is 1.80. The van der Waals surface area contributed by atoms with Crippen molar-refractivity contribution < 1.29 is 20.1 Å². The molecule has 5 atom stereocenters. The monoisotopic (exact) mass is 204 g/mol. The van der Waals surface area contributed by atoms with E-state index < -0.39 is 24.4 Å². The Morgan fingerprint density at radius 3 is 2.14 bits per heavy atom. The van der Waals surface area contributed by atoms with E-state index >= 15 is 0 Å². The van der Waals surface area contributed by atoms with Crippen molar-refractivity contribution in [3.05, 3.63) is 0 Å². The minimum atomic E-state index is -1.09. The summed E-state index contributed by atoms with van der Waals surface area (Å²) in [5, 5.41) is 28.6. The first kappa shape index (κ1) is 11.9. The largest absolute Gasteiger partial charge is 0.388 e. The third-order valence-corrected chi connectivity index (χ3v) is 2.65. The highest BCUT2D eigenvalue weighted by Crippen LogP contribution is 2.24. The molecule has 0 amide bonds. The highest BCUT2D eigenvalue weighted by Gasteiger charge is 2.41. The van der Waals surface area contributed by atoms with Gasteiger partial charge in [-0.2, -0.15) is 0 Å². The molecule has 1 saturated heterocycles. The molecule has 1 heterocycles. The minimum absolute atomic E-state index is 0.372. The summed E-state index contributed by atoms with van der Waals surface area (Å²) in [6.45, 7) is 5.75. The van der Waals surface area contributed by atoms with E-state index in [4.69, 9.17) is 4.74 Å². The molecule has 1 rings (SSSR count). The zero-order valence-corrected chi connectivity index (χ0v) is 8.92. The molecule has 0 spiro atoms. The first-order chi connectivity index (χ1) is 6.43. The molecule has 0 aromatic heterocycles.